The first-order chi connectivity index (χ1) is 6.27. The summed E-state index contributed by atoms with van der Waals surface area (Å²) in [6.45, 7) is 0. The second-order valence-electron chi connectivity index (χ2n) is 2.29. The fourth-order valence-corrected chi connectivity index (χ4v) is 1.17. The number of esters is 1. The van der Waals surface area contributed by atoms with Crippen LogP contribution in [0.1, 0.15) is 15.9 Å². The summed E-state index contributed by atoms with van der Waals surface area (Å²) in [5.41, 5.74) is 1.43. The molecule has 0 amide bonds. The Kier molecular flexibility index (Phi) is 3.77. The maximum Gasteiger partial charge on any atom is 0.337 e. The molecule has 0 fully saturated rings. The Labute approximate surface area is 90.4 Å². The van der Waals surface area contributed by atoms with Crippen molar-refractivity contribution in [1.29, 1.82) is 0 Å². The van der Waals surface area contributed by atoms with Gasteiger partial charge in [-0.05, 0) is 28.2 Å². The third-order valence-electron chi connectivity index (χ3n) is 1.50. The molecule has 0 bridgehead atoms. The van der Waals surface area contributed by atoms with Gasteiger partial charge in [0.2, 0.25) is 0 Å². The molecule has 0 aromatic heterocycles. The number of benzene rings is 1. The number of hydrogen-bond acceptors (Lipinski definition) is 2. The number of ether oxygens (including phenoxy) is 1. The molecule has 0 spiro atoms. The van der Waals surface area contributed by atoms with Crippen molar-refractivity contribution >= 4 is 28.6 Å². The lowest BCUT2D eigenvalue weighted by atomic mass is 10.1. The summed E-state index contributed by atoms with van der Waals surface area (Å²) in [5.74, 6) is 2.55. The van der Waals surface area contributed by atoms with Gasteiger partial charge in [0.15, 0.2) is 0 Å². The molecule has 1 aromatic carbocycles. The monoisotopic (exact) mass is 286 g/mol. The molecule has 0 N–H and O–H groups in total. The Balaban J connectivity index is 2.91. The molecule has 66 valence electrons. The number of carbonyl (C=O) groups is 1. The number of rotatable bonds is 1. The molecule has 3 heteroatoms. The van der Waals surface area contributed by atoms with E-state index >= 15 is 0 Å². The topological polar surface area (TPSA) is 26.3 Å². The van der Waals surface area contributed by atoms with Crippen LogP contribution in [-0.2, 0) is 4.74 Å². The highest BCUT2D eigenvalue weighted by molar-refractivity contribution is 14.1. The van der Waals surface area contributed by atoms with Crippen molar-refractivity contribution in [2.24, 2.45) is 0 Å². The Morgan fingerprint density at radius 2 is 2.00 bits per heavy atom. The van der Waals surface area contributed by atoms with Crippen molar-refractivity contribution in [2.75, 3.05) is 7.11 Å². The molecule has 0 aliphatic rings. The lowest BCUT2D eigenvalue weighted by molar-refractivity contribution is 0.0601. The second-order valence-corrected chi connectivity index (χ2v) is 2.83. The average Bonchev–Trinajstić information content (AvgIpc) is 2.18. The van der Waals surface area contributed by atoms with E-state index in [1.165, 1.54) is 7.11 Å². The van der Waals surface area contributed by atoms with Crippen LogP contribution in [-0.4, -0.2) is 13.1 Å². The lowest BCUT2D eigenvalue weighted by Crippen LogP contribution is -2.00. The molecular formula is C10H7IO2. The smallest absolute Gasteiger partial charge is 0.337 e. The van der Waals surface area contributed by atoms with Gasteiger partial charge in [-0.15, -0.1) is 0 Å². The molecule has 0 unspecified atom stereocenters. The van der Waals surface area contributed by atoms with Gasteiger partial charge in [0, 0.05) is 28.2 Å². The highest BCUT2D eigenvalue weighted by Gasteiger charge is 2.02. The summed E-state index contributed by atoms with van der Waals surface area (Å²) < 4.78 is 7.31. The average molecular weight is 286 g/mol. The summed E-state index contributed by atoms with van der Waals surface area (Å²) >= 11 is 1.97. The number of carbonyl (C=O) groups excluding carboxylic acids is 1. The largest absolute Gasteiger partial charge is 0.465 e. The van der Waals surface area contributed by atoms with Crippen LogP contribution in [0.5, 0.6) is 0 Å². The number of halogens is 1. The first-order valence-electron chi connectivity index (χ1n) is 3.58. The summed E-state index contributed by atoms with van der Waals surface area (Å²) in [6.07, 6.45) is 0. The second kappa shape index (κ2) is 4.87. The molecule has 0 saturated carbocycles. The van der Waals surface area contributed by atoms with Crippen LogP contribution in [0.3, 0.4) is 0 Å². The van der Waals surface area contributed by atoms with E-state index in [0.717, 1.165) is 5.56 Å². The first-order valence-corrected chi connectivity index (χ1v) is 4.66. The van der Waals surface area contributed by atoms with Gasteiger partial charge >= 0.3 is 5.97 Å². The molecule has 0 aliphatic heterocycles. The van der Waals surface area contributed by atoms with E-state index in [4.69, 9.17) is 0 Å². The third kappa shape index (κ3) is 2.74. The Morgan fingerprint density at radius 3 is 2.46 bits per heavy atom. The van der Waals surface area contributed by atoms with E-state index in [1.54, 1.807) is 24.3 Å². The summed E-state index contributed by atoms with van der Waals surface area (Å²) in [4.78, 5) is 11.0. The molecule has 1 rings (SSSR count). The van der Waals surface area contributed by atoms with E-state index < -0.39 is 0 Å². The Morgan fingerprint density at radius 1 is 1.38 bits per heavy atom. The molecule has 0 heterocycles. The minimum absolute atomic E-state index is 0.325. The number of methoxy groups -OCH3 is 1. The van der Waals surface area contributed by atoms with E-state index in [0.29, 0.717) is 5.56 Å². The van der Waals surface area contributed by atoms with Crippen LogP contribution in [0.25, 0.3) is 0 Å². The minimum atomic E-state index is -0.325. The molecule has 0 saturated heterocycles. The van der Waals surface area contributed by atoms with E-state index in [1.807, 2.05) is 22.6 Å². The van der Waals surface area contributed by atoms with Crippen molar-refractivity contribution in [1.82, 2.24) is 0 Å². The summed E-state index contributed by atoms with van der Waals surface area (Å²) in [5, 5.41) is 0. The van der Waals surface area contributed by atoms with Gasteiger partial charge in [-0.3, -0.25) is 0 Å². The summed E-state index contributed by atoms with van der Waals surface area (Å²) in [7, 11) is 1.36. The van der Waals surface area contributed by atoms with Crippen LogP contribution >= 0.6 is 22.6 Å². The van der Waals surface area contributed by atoms with Crippen LogP contribution < -0.4 is 0 Å². The zero-order chi connectivity index (χ0) is 9.68. The van der Waals surface area contributed by atoms with Gasteiger partial charge in [-0.2, -0.15) is 0 Å². The van der Waals surface area contributed by atoms with Crippen LogP contribution in [0, 0.1) is 9.85 Å². The van der Waals surface area contributed by atoms with Crippen molar-refractivity contribution in [3.05, 3.63) is 35.4 Å². The minimum Gasteiger partial charge on any atom is -0.465 e. The van der Waals surface area contributed by atoms with Gasteiger partial charge in [-0.25, -0.2) is 4.79 Å². The van der Waals surface area contributed by atoms with Crippen molar-refractivity contribution in [2.45, 2.75) is 0 Å². The predicted molar refractivity (Wildman–Crippen MR) is 58.7 cm³/mol. The van der Waals surface area contributed by atoms with Crippen LogP contribution in [0.2, 0.25) is 0 Å². The molecule has 0 aliphatic carbocycles. The van der Waals surface area contributed by atoms with Gasteiger partial charge in [0.1, 0.15) is 0 Å². The molecular weight excluding hydrogens is 279 g/mol. The van der Waals surface area contributed by atoms with Gasteiger partial charge < -0.3 is 4.74 Å². The molecule has 1 aromatic rings. The molecule has 13 heavy (non-hydrogen) atoms. The van der Waals surface area contributed by atoms with Crippen molar-refractivity contribution in [3.63, 3.8) is 0 Å². The fourth-order valence-electron chi connectivity index (χ4n) is 0.862. The maximum absolute atomic E-state index is 11.0. The SMILES string of the molecule is COC(=O)c1ccc(C#CI)cc1. The normalized spacial score (nSPS) is 8.46. The Bertz CT molecular complexity index is 357. The highest BCUT2D eigenvalue weighted by Crippen LogP contribution is 2.04. The third-order valence-corrected chi connectivity index (χ3v) is 1.77. The van der Waals surface area contributed by atoms with Gasteiger partial charge in [-0.1, -0.05) is 5.92 Å². The van der Waals surface area contributed by atoms with Crippen LogP contribution in [0.15, 0.2) is 24.3 Å². The highest BCUT2D eigenvalue weighted by atomic mass is 127. The lowest BCUT2D eigenvalue weighted by Gasteiger charge is -1.97. The zero-order valence-corrected chi connectivity index (χ0v) is 9.16. The van der Waals surface area contributed by atoms with E-state index in [2.05, 4.69) is 14.6 Å². The molecule has 0 radical (unpaired) electrons. The number of hydrogen-bond donors (Lipinski definition) is 0. The molecule has 0 atom stereocenters. The fraction of sp³-hybridized carbons (Fsp3) is 0.100. The maximum atomic E-state index is 11.0. The first kappa shape index (κ1) is 10.1. The quantitative estimate of drug-likeness (QED) is 0.449. The Hall–Kier alpha value is -1.02. The van der Waals surface area contributed by atoms with Crippen molar-refractivity contribution < 1.29 is 9.53 Å². The predicted octanol–water partition coefficient (Wildman–Crippen LogP) is 2.22. The van der Waals surface area contributed by atoms with Crippen molar-refractivity contribution in [3.8, 4) is 9.85 Å². The van der Waals surface area contributed by atoms with E-state index in [-0.39, 0.29) is 5.97 Å². The molecule has 2 nitrogen and oxygen atoms in total. The zero-order valence-electron chi connectivity index (χ0n) is 7.00. The van der Waals surface area contributed by atoms with E-state index in [9.17, 15) is 4.79 Å². The summed E-state index contributed by atoms with van der Waals surface area (Å²) in [6, 6.07) is 6.97. The van der Waals surface area contributed by atoms with Crippen LogP contribution in [0.4, 0.5) is 0 Å². The standard InChI is InChI=1S/C10H7IO2/c1-13-10(12)9-4-2-8(3-5-9)6-7-11/h2-5H,1H3. The van der Waals surface area contributed by atoms with Gasteiger partial charge in [0.25, 0.3) is 0 Å². The van der Waals surface area contributed by atoms with Gasteiger partial charge in [0.05, 0.1) is 12.7 Å².